The fraction of sp³-hybridized carbons (Fsp3) is 0.133. The van der Waals surface area contributed by atoms with Crippen LogP contribution in [0.3, 0.4) is 0 Å². The van der Waals surface area contributed by atoms with Gasteiger partial charge in [-0.25, -0.2) is 13.2 Å². The molecule has 0 radical (unpaired) electrons. The van der Waals surface area contributed by atoms with Gasteiger partial charge in [0.2, 0.25) is 0 Å². The molecule has 2 rings (SSSR count). The van der Waals surface area contributed by atoms with Crippen molar-refractivity contribution in [2.24, 2.45) is 0 Å². The lowest BCUT2D eigenvalue weighted by Gasteiger charge is -2.29. The third-order valence-corrected chi connectivity index (χ3v) is 7.03. The summed E-state index contributed by atoms with van der Waals surface area (Å²) < 4.78 is 26.9. The summed E-state index contributed by atoms with van der Waals surface area (Å²) in [4.78, 5) is 11.3. The molecule has 0 aliphatic heterocycles. The summed E-state index contributed by atoms with van der Waals surface area (Å²) in [7, 11) is -4.37. The Morgan fingerprint density at radius 3 is 2.00 bits per heavy atom. The van der Waals surface area contributed by atoms with Crippen molar-refractivity contribution in [2.45, 2.75) is 17.9 Å². The number of sulfonamides is 1. The van der Waals surface area contributed by atoms with Crippen molar-refractivity contribution in [3.05, 3.63) is 55.4 Å². The molecule has 1 unspecified atom stereocenters. The molecule has 11 heteroatoms. The quantitative estimate of drug-likeness (QED) is 0.567. The second-order valence-corrected chi connectivity index (χ2v) is 8.96. The fourth-order valence-electron chi connectivity index (χ4n) is 2.08. The Kier molecular flexibility index (Phi) is 6.59. The lowest BCUT2D eigenvalue weighted by molar-refractivity contribution is -0.137. The zero-order chi connectivity index (χ0) is 19.8. The minimum absolute atomic E-state index is 0.00379. The van der Waals surface area contributed by atoms with Gasteiger partial charge in [-0.1, -0.05) is 58.0 Å². The molecule has 0 aliphatic carbocycles. The predicted octanol–water partition coefficient (Wildman–Crippen LogP) is 5.62. The zero-order valence-electron chi connectivity index (χ0n) is 12.9. The van der Waals surface area contributed by atoms with E-state index in [4.69, 9.17) is 58.0 Å². The topological polar surface area (TPSA) is 74.7 Å². The number of anilines is 1. The van der Waals surface area contributed by atoms with Crippen LogP contribution in [-0.4, -0.2) is 25.5 Å². The van der Waals surface area contributed by atoms with E-state index in [1.54, 1.807) is 0 Å². The second kappa shape index (κ2) is 8.00. The highest BCUT2D eigenvalue weighted by Gasteiger charge is 2.35. The molecule has 0 saturated heterocycles. The molecular formula is C15H10Cl5NO4S. The van der Waals surface area contributed by atoms with Gasteiger partial charge in [-0.15, -0.1) is 0 Å². The molecule has 0 bridgehead atoms. The number of carboxylic acid groups (broad SMARTS) is 1. The van der Waals surface area contributed by atoms with E-state index in [2.05, 4.69) is 0 Å². The first-order valence-electron chi connectivity index (χ1n) is 6.83. The number of aliphatic carboxylic acids is 1. The summed E-state index contributed by atoms with van der Waals surface area (Å²) in [6.45, 7) is 1.19. The van der Waals surface area contributed by atoms with E-state index in [1.165, 1.54) is 31.2 Å². The van der Waals surface area contributed by atoms with E-state index in [1.807, 2.05) is 0 Å². The van der Waals surface area contributed by atoms with Gasteiger partial charge in [0.05, 0.1) is 35.7 Å². The Hall–Kier alpha value is -0.890. The monoisotopic (exact) mass is 475 g/mol. The molecule has 2 aromatic carbocycles. The molecule has 26 heavy (non-hydrogen) atoms. The van der Waals surface area contributed by atoms with E-state index in [9.17, 15) is 18.3 Å². The summed E-state index contributed by atoms with van der Waals surface area (Å²) in [6.07, 6.45) is 0. The minimum atomic E-state index is -4.37. The van der Waals surface area contributed by atoms with Crippen LogP contribution in [0.1, 0.15) is 6.92 Å². The van der Waals surface area contributed by atoms with Gasteiger partial charge in [0, 0.05) is 0 Å². The number of hydrogen-bond donors (Lipinski definition) is 1. The first kappa shape index (κ1) is 21.4. The Labute approximate surface area is 175 Å². The van der Waals surface area contributed by atoms with E-state index < -0.39 is 22.0 Å². The molecule has 1 atom stereocenters. The summed E-state index contributed by atoms with van der Waals surface area (Å²) in [5.74, 6) is -1.39. The Morgan fingerprint density at radius 1 is 0.923 bits per heavy atom. The molecular weight excluding hydrogens is 468 g/mol. The Bertz CT molecular complexity index is 980. The average Bonchev–Trinajstić information content (AvgIpc) is 2.54. The maximum absolute atomic E-state index is 13.1. The third-order valence-electron chi connectivity index (χ3n) is 3.38. The molecule has 0 aliphatic rings. The SMILES string of the molecule is CC(C(=O)O)N(c1cc(Cl)c(Cl)cc1Cl)S(=O)(=O)c1ccc(Cl)c(Cl)c1. The highest BCUT2D eigenvalue weighted by molar-refractivity contribution is 7.93. The molecule has 0 spiro atoms. The van der Waals surface area contributed by atoms with E-state index in [-0.39, 0.29) is 35.7 Å². The highest BCUT2D eigenvalue weighted by Crippen LogP contribution is 2.38. The molecule has 0 saturated carbocycles. The molecule has 140 valence electrons. The maximum atomic E-state index is 13.1. The van der Waals surface area contributed by atoms with Crippen LogP contribution >= 0.6 is 58.0 Å². The Balaban J connectivity index is 2.75. The van der Waals surface area contributed by atoms with Crippen molar-refractivity contribution in [2.75, 3.05) is 4.31 Å². The third kappa shape index (κ3) is 4.16. The molecule has 1 N–H and O–H groups in total. The van der Waals surface area contributed by atoms with Crippen LogP contribution in [-0.2, 0) is 14.8 Å². The first-order valence-corrected chi connectivity index (χ1v) is 10.2. The standard InChI is InChI=1S/C15H10Cl5NO4S/c1-7(15(22)23)21(14-6-12(19)11(18)5-13(14)20)26(24,25)8-2-3-9(16)10(17)4-8/h2-7H,1H3,(H,22,23). The molecule has 5 nitrogen and oxygen atoms in total. The minimum Gasteiger partial charge on any atom is -0.480 e. The number of carboxylic acids is 1. The summed E-state index contributed by atoms with van der Waals surface area (Å²) >= 11 is 29.6. The lowest BCUT2D eigenvalue weighted by Crippen LogP contribution is -2.43. The van der Waals surface area contributed by atoms with Crippen LogP contribution < -0.4 is 4.31 Å². The zero-order valence-corrected chi connectivity index (χ0v) is 17.5. The second-order valence-electron chi connectivity index (χ2n) is 5.11. The molecule has 0 fully saturated rings. The fourth-order valence-corrected chi connectivity index (χ4v) is 4.77. The van der Waals surface area contributed by atoms with Gasteiger partial charge in [-0.2, -0.15) is 0 Å². The summed E-state index contributed by atoms with van der Waals surface area (Å²) in [5, 5.41) is 9.55. The molecule has 0 heterocycles. The number of nitrogens with zero attached hydrogens (tertiary/aromatic N) is 1. The first-order chi connectivity index (χ1) is 12.0. The summed E-state index contributed by atoms with van der Waals surface area (Å²) in [5.41, 5.74) is -0.137. The van der Waals surface area contributed by atoms with Crippen molar-refractivity contribution in [3.8, 4) is 0 Å². The molecule has 0 amide bonds. The van der Waals surface area contributed by atoms with Crippen molar-refractivity contribution in [1.29, 1.82) is 0 Å². The summed E-state index contributed by atoms with van der Waals surface area (Å²) in [6, 6.07) is 4.52. The van der Waals surface area contributed by atoms with Crippen LogP contribution in [0, 0.1) is 0 Å². The van der Waals surface area contributed by atoms with Gasteiger partial charge in [0.1, 0.15) is 6.04 Å². The lowest BCUT2D eigenvalue weighted by atomic mass is 10.2. The van der Waals surface area contributed by atoms with Crippen LogP contribution in [0.5, 0.6) is 0 Å². The number of hydrogen-bond acceptors (Lipinski definition) is 3. The number of halogens is 5. The van der Waals surface area contributed by atoms with Gasteiger partial charge in [-0.3, -0.25) is 4.31 Å². The van der Waals surface area contributed by atoms with Gasteiger partial charge in [-0.05, 0) is 37.3 Å². The number of carbonyl (C=O) groups is 1. The predicted molar refractivity (Wildman–Crippen MR) is 105 cm³/mol. The largest absolute Gasteiger partial charge is 0.480 e. The van der Waals surface area contributed by atoms with Crippen molar-refractivity contribution in [1.82, 2.24) is 0 Å². The van der Waals surface area contributed by atoms with E-state index in [0.29, 0.717) is 4.31 Å². The van der Waals surface area contributed by atoms with Gasteiger partial charge >= 0.3 is 5.97 Å². The average molecular weight is 478 g/mol. The van der Waals surface area contributed by atoms with Crippen LogP contribution in [0.2, 0.25) is 25.1 Å². The number of rotatable bonds is 5. The van der Waals surface area contributed by atoms with Crippen molar-refractivity contribution < 1.29 is 18.3 Å². The highest BCUT2D eigenvalue weighted by atomic mass is 35.5. The van der Waals surface area contributed by atoms with Crippen LogP contribution in [0.25, 0.3) is 0 Å². The van der Waals surface area contributed by atoms with Gasteiger partial charge in [0.25, 0.3) is 10.0 Å². The van der Waals surface area contributed by atoms with E-state index in [0.717, 1.165) is 6.07 Å². The van der Waals surface area contributed by atoms with Gasteiger partial charge < -0.3 is 5.11 Å². The molecule has 2 aromatic rings. The van der Waals surface area contributed by atoms with Crippen LogP contribution in [0.15, 0.2) is 35.2 Å². The van der Waals surface area contributed by atoms with E-state index >= 15 is 0 Å². The Morgan fingerprint density at radius 2 is 1.46 bits per heavy atom. The van der Waals surface area contributed by atoms with Gasteiger partial charge in [0.15, 0.2) is 0 Å². The smallest absolute Gasteiger partial charge is 0.327 e. The normalized spacial score (nSPS) is 12.7. The number of benzene rings is 2. The van der Waals surface area contributed by atoms with Crippen molar-refractivity contribution in [3.63, 3.8) is 0 Å². The molecule has 0 aromatic heterocycles. The maximum Gasteiger partial charge on any atom is 0.327 e. The van der Waals surface area contributed by atoms with Crippen LogP contribution in [0.4, 0.5) is 5.69 Å². The van der Waals surface area contributed by atoms with Crippen molar-refractivity contribution >= 4 is 79.7 Å².